The monoisotopic (exact) mass is 677 g/mol. The lowest BCUT2D eigenvalue weighted by Gasteiger charge is -2.22. The fraction of sp³-hybridized carbons (Fsp3) is 0.152. The Balaban J connectivity index is 1.36. The molecule has 3 aromatic heterocycles. The summed E-state index contributed by atoms with van der Waals surface area (Å²) in [5.74, 6) is 1.06. The number of fused-ring (bicyclic) bond motifs is 8. The Hall–Kier alpha value is -6.14. The Labute approximate surface area is 301 Å². The number of aromatic nitrogens is 5. The molecule has 0 bridgehead atoms. The fourth-order valence-electron chi connectivity index (χ4n) is 9.03. The van der Waals surface area contributed by atoms with Gasteiger partial charge in [-0.25, -0.2) is 9.37 Å². The van der Waals surface area contributed by atoms with Crippen molar-refractivity contribution in [1.82, 2.24) is 24.1 Å². The van der Waals surface area contributed by atoms with Crippen LogP contribution in [0.1, 0.15) is 45.2 Å². The second-order valence-corrected chi connectivity index (χ2v) is 15.4. The summed E-state index contributed by atoms with van der Waals surface area (Å²) in [4.78, 5) is 15.2. The lowest BCUT2D eigenvalue weighted by atomic mass is 9.82. The third kappa shape index (κ3) is 4.50. The van der Waals surface area contributed by atoms with E-state index in [1.54, 1.807) is 6.07 Å². The molecule has 9 aromatic rings. The van der Waals surface area contributed by atoms with Crippen molar-refractivity contribution in [2.75, 3.05) is 0 Å². The van der Waals surface area contributed by atoms with Crippen molar-refractivity contribution in [3.63, 3.8) is 0 Å². The average molecular weight is 678 g/mol. The Morgan fingerprint density at radius 3 is 1.77 bits per heavy atom. The van der Waals surface area contributed by atoms with Crippen LogP contribution in [0.5, 0.6) is 0 Å². The van der Waals surface area contributed by atoms with Gasteiger partial charge < -0.3 is 4.57 Å². The molecule has 0 spiro atoms. The number of rotatable bonds is 4. The van der Waals surface area contributed by atoms with E-state index >= 15 is 0 Å². The predicted octanol–water partition coefficient (Wildman–Crippen LogP) is 11.5. The first-order valence-corrected chi connectivity index (χ1v) is 17.9. The van der Waals surface area contributed by atoms with Crippen molar-refractivity contribution in [2.24, 2.45) is 0 Å². The maximum Gasteiger partial charge on any atom is 0.238 e. The smallest absolute Gasteiger partial charge is 0.238 e. The minimum absolute atomic E-state index is 0.0455. The number of benzene rings is 6. The van der Waals surface area contributed by atoms with Gasteiger partial charge in [-0.05, 0) is 64.8 Å². The van der Waals surface area contributed by atoms with Crippen molar-refractivity contribution in [1.29, 1.82) is 0 Å². The molecule has 1 aliphatic carbocycles. The van der Waals surface area contributed by atoms with Crippen LogP contribution in [-0.4, -0.2) is 24.1 Å². The van der Waals surface area contributed by atoms with E-state index in [0.717, 1.165) is 55.9 Å². The molecular formula is C46H36FN5. The summed E-state index contributed by atoms with van der Waals surface area (Å²) in [5.41, 5.74) is 9.74. The molecule has 0 amide bonds. The highest BCUT2D eigenvalue weighted by Gasteiger charge is 2.42. The molecule has 252 valence electrons. The Morgan fingerprint density at radius 2 is 1.08 bits per heavy atom. The van der Waals surface area contributed by atoms with Gasteiger partial charge in [0.15, 0.2) is 11.6 Å². The van der Waals surface area contributed by atoms with Crippen LogP contribution in [0.25, 0.3) is 78.0 Å². The van der Waals surface area contributed by atoms with Crippen LogP contribution < -0.4 is 0 Å². The van der Waals surface area contributed by atoms with Crippen LogP contribution in [0.15, 0.2) is 133 Å². The van der Waals surface area contributed by atoms with Crippen LogP contribution in [0, 0.1) is 5.82 Å². The van der Waals surface area contributed by atoms with Crippen molar-refractivity contribution < 1.29 is 4.39 Å². The molecule has 0 saturated carbocycles. The van der Waals surface area contributed by atoms with Crippen LogP contribution in [-0.2, 0) is 10.8 Å². The van der Waals surface area contributed by atoms with Gasteiger partial charge in [0.25, 0.3) is 0 Å². The molecule has 0 fully saturated rings. The summed E-state index contributed by atoms with van der Waals surface area (Å²) in [6.45, 7) is 9.46. The summed E-state index contributed by atoms with van der Waals surface area (Å²) in [6, 6.07) is 45.0. The largest absolute Gasteiger partial charge is 0.307 e. The van der Waals surface area contributed by atoms with Gasteiger partial charge in [0.05, 0.1) is 22.1 Å². The molecule has 6 heteroatoms. The quantitative estimate of drug-likeness (QED) is 0.186. The molecule has 0 saturated heterocycles. The van der Waals surface area contributed by atoms with E-state index in [2.05, 4.69) is 116 Å². The summed E-state index contributed by atoms with van der Waals surface area (Å²) in [5, 5.41) is 4.53. The van der Waals surface area contributed by atoms with E-state index in [4.69, 9.17) is 15.0 Å². The maximum absolute atomic E-state index is 14.6. The first-order valence-electron chi connectivity index (χ1n) is 17.9. The zero-order valence-electron chi connectivity index (χ0n) is 29.5. The molecule has 0 aliphatic heterocycles. The molecule has 0 radical (unpaired) electrons. The van der Waals surface area contributed by atoms with E-state index in [-0.39, 0.29) is 16.6 Å². The van der Waals surface area contributed by atoms with Crippen LogP contribution in [0.2, 0.25) is 0 Å². The number of hydrogen-bond donors (Lipinski definition) is 0. The molecule has 0 atom stereocenters. The highest BCUT2D eigenvalue weighted by Crippen LogP contribution is 2.50. The zero-order valence-corrected chi connectivity index (χ0v) is 29.5. The van der Waals surface area contributed by atoms with Gasteiger partial charge in [0, 0.05) is 38.4 Å². The third-order valence-corrected chi connectivity index (χ3v) is 11.0. The minimum Gasteiger partial charge on any atom is -0.307 e. The highest BCUT2D eigenvalue weighted by molar-refractivity contribution is 6.23. The van der Waals surface area contributed by atoms with Gasteiger partial charge in [-0.1, -0.05) is 125 Å². The van der Waals surface area contributed by atoms with Crippen molar-refractivity contribution in [2.45, 2.75) is 44.9 Å². The first-order chi connectivity index (χ1) is 25.2. The highest BCUT2D eigenvalue weighted by atomic mass is 19.1. The first kappa shape index (κ1) is 30.7. The third-order valence-electron chi connectivity index (χ3n) is 11.0. The lowest BCUT2D eigenvalue weighted by molar-refractivity contribution is 0.403. The molecule has 10 rings (SSSR count). The summed E-state index contributed by atoms with van der Waals surface area (Å²) < 4.78 is 19.3. The van der Waals surface area contributed by atoms with E-state index in [0.29, 0.717) is 23.2 Å². The molecular weight excluding hydrogens is 642 g/mol. The second-order valence-electron chi connectivity index (χ2n) is 15.4. The topological polar surface area (TPSA) is 48.5 Å². The van der Waals surface area contributed by atoms with Crippen molar-refractivity contribution in [3.05, 3.63) is 150 Å². The van der Waals surface area contributed by atoms with Gasteiger partial charge in [-0.15, -0.1) is 0 Å². The summed E-state index contributed by atoms with van der Waals surface area (Å²) in [7, 11) is 0. The lowest BCUT2D eigenvalue weighted by Crippen LogP contribution is -2.18. The number of para-hydroxylation sites is 2. The average Bonchev–Trinajstić information content (AvgIpc) is 3.74. The van der Waals surface area contributed by atoms with E-state index in [9.17, 15) is 4.39 Å². The van der Waals surface area contributed by atoms with E-state index in [1.807, 2.05) is 36.4 Å². The molecule has 5 nitrogen and oxygen atoms in total. The molecule has 0 N–H and O–H groups in total. The fourth-order valence-corrected chi connectivity index (χ4v) is 9.03. The van der Waals surface area contributed by atoms with Crippen LogP contribution in [0.3, 0.4) is 0 Å². The second kappa shape index (κ2) is 10.9. The van der Waals surface area contributed by atoms with Gasteiger partial charge in [0.2, 0.25) is 5.95 Å². The minimum atomic E-state index is -0.343. The number of nitrogens with zero attached hydrogens (tertiary/aromatic N) is 5. The molecule has 52 heavy (non-hydrogen) atoms. The normalized spacial score (nSPS) is 14.9. The molecule has 0 unspecified atom stereocenters. The Bertz CT molecular complexity index is 2900. The van der Waals surface area contributed by atoms with E-state index in [1.165, 1.54) is 28.6 Å². The SMILES string of the molecule is CC1(C)CC(C)(C)c2cc(-n3c4ccccc4c4ccc5c6ccccc6n(-c6nc(-c7ccccc7)nc(-c7cccc(F)c7)n6)c5c43)ccc21. The molecule has 3 heterocycles. The summed E-state index contributed by atoms with van der Waals surface area (Å²) in [6.07, 6.45) is 1.10. The Kier molecular flexibility index (Phi) is 6.44. The van der Waals surface area contributed by atoms with Gasteiger partial charge in [-0.2, -0.15) is 9.97 Å². The van der Waals surface area contributed by atoms with Gasteiger partial charge in [-0.3, -0.25) is 4.57 Å². The standard InChI is InChI=1S/C46H36FN5/c1-45(2)27-46(3,4)37-26-31(21-24-36(37)45)51-38-19-10-8-17-32(38)34-22-23-35-33-18-9-11-20-39(33)52(41(35)40(34)51)44-49-42(28-13-6-5-7-14-28)48-43(50-44)29-15-12-16-30(47)25-29/h5-26H,27H2,1-4H3. The van der Waals surface area contributed by atoms with Gasteiger partial charge >= 0.3 is 0 Å². The number of halogens is 1. The zero-order chi connectivity index (χ0) is 35.4. The summed E-state index contributed by atoms with van der Waals surface area (Å²) >= 11 is 0. The maximum atomic E-state index is 14.6. The van der Waals surface area contributed by atoms with Gasteiger partial charge in [0.1, 0.15) is 5.82 Å². The van der Waals surface area contributed by atoms with E-state index < -0.39 is 0 Å². The van der Waals surface area contributed by atoms with Crippen LogP contribution in [0.4, 0.5) is 4.39 Å². The predicted molar refractivity (Wildman–Crippen MR) is 210 cm³/mol. The van der Waals surface area contributed by atoms with Crippen LogP contribution >= 0.6 is 0 Å². The molecule has 1 aliphatic rings. The number of hydrogen-bond acceptors (Lipinski definition) is 3. The Morgan fingerprint density at radius 1 is 0.500 bits per heavy atom. The molecule has 6 aromatic carbocycles. The van der Waals surface area contributed by atoms with Crippen molar-refractivity contribution >= 4 is 43.6 Å². The van der Waals surface area contributed by atoms with Crippen molar-refractivity contribution in [3.8, 4) is 34.4 Å².